The molecule has 6 nitrogen and oxygen atoms in total. The minimum Gasteiger partial charge on any atom is -0.494 e. The van der Waals surface area contributed by atoms with E-state index < -0.39 is 5.82 Å². The number of rotatable bonds is 5. The van der Waals surface area contributed by atoms with Gasteiger partial charge in [-0.15, -0.1) is 0 Å². The zero-order valence-electron chi connectivity index (χ0n) is 14.6. The number of allylic oxidation sites excluding steroid dienone is 1. The van der Waals surface area contributed by atoms with E-state index in [-0.39, 0.29) is 10.9 Å². The van der Waals surface area contributed by atoms with Crippen molar-refractivity contribution in [2.75, 3.05) is 17.7 Å². The summed E-state index contributed by atoms with van der Waals surface area (Å²) in [5, 5.41) is 6.49. The van der Waals surface area contributed by atoms with Gasteiger partial charge in [0.25, 0.3) is 0 Å². The minimum absolute atomic E-state index is 0.000615. The van der Waals surface area contributed by atoms with Crippen LogP contribution in [0.2, 0.25) is 5.02 Å². The first kappa shape index (κ1) is 18.6. The van der Waals surface area contributed by atoms with E-state index in [9.17, 15) is 9.18 Å². The highest BCUT2D eigenvalue weighted by Gasteiger charge is 2.12. The molecule has 0 fully saturated rings. The first-order chi connectivity index (χ1) is 13.0. The number of anilines is 3. The van der Waals surface area contributed by atoms with Gasteiger partial charge in [-0.1, -0.05) is 17.7 Å². The van der Waals surface area contributed by atoms with Crippen molar-refractivity contribution in [1.29, 1.82) is 0 Å². The molecule has 2 aromatic carbocycles. The first-order valence-corrected chi connectivity index (χ1v) is 8.38. The number of carbonyl (C=O) groups excluding carboxylic acids is 1. The molecule has 0 aliphatic carbocycles. The highest BCUT2D eigenvalue weighted by atomic mass is 35.5. The molecule has 1 amide bonds. The van der Waals surface area contributed by atoms with Gasteiger partial charge in [0.15, 0.2) is 0 Å². The minimum atomic E-state index is -0.506. The largest absolute Gasteiger partial charge is 0.494 e. The maximum absolute atomic E-state index is 13.4. The van der Waals surface area contributed by atoms with E-state index in [0.717, 1.165) is 0 Å². The average molecular weight is 387 g/mol. The Morgan fingerprint density at radius 2 is 2.07 bits per heavy atom. The van der Waals surface area contributed by atoms with Crippen LogP contribution in [-0.2, 0) is 4.79 Å². The van der Waals surface area contributed by atoms with E-state index >= 15 is 0 Å². The van der Waals surface area contributed by atoms with Gasteiger partial charge in [-0.3, -0.25) is 4.79 Å². The van der Waals surface area contributed by atoms with Crippen molar-refractivity contribution in [3.63, 3.8) is 0 Å². The molecule has 1 aromatic heterocycles. The van der Waals surface area contributed by atoms with Crippen LogP contribution in [0.1, 0.15) is 6.92 Å². The fourth-order valence-electron chi connectivity index (χ4n) is 2.49. The Hall–Kier alpha value is -3.19. The predicted molar refractivity (Wildman–Crippen MR) is 104 cm³/mol. The lowest BCUT2D eigenvalue weighted by molar-refractivity contribution is -0.111. The zero-order valence-corrected chi connectivity index (χ0v) is 15.3. The molecule has 0 spiro atoms. The van der Waals surface area contributed by atoms with Crippen LogP contribution in [0.5, 0.6) is 5.75 Å². The number of hydrogen-bond acceptors (Lipinski definition) is 5. The van der Waals surface area contributed by atoms with Crippen molar-refractivity contribution < 1.29 is 13.9 Å². The molecule has 0 radical (unpaired) electrons. The Morgan fingerprint density at radius 3 is 2.78 bits per heavy atom. The molecule has 0 saturated carbocycles. The molecule has 3 aromatic rings. The monoisotopic (exact) mass is 386 g/mol. The van der Waals surface area contributed by atoms with Gasteiger partial charge in [0.1, 0.15) is 23.7 Å². The summed E-state index contributed by atoms with van der Waals surface area (Å²) in [6, 6.07) is 7.68. The normalized spacial score (nSPS) is 11.0. The predicted octanol–water partition coefficient (Wildman–Crippen LogP) is 4.69. The lowest BCUT2D eigenvalue weighted by atomic mass is 10.1. The summed E-state index contributed by atoms with van der Waals surface area (Å²) in [6.45, 7) is 1.75. The fourth-order valence-corrected chi connectivity index (χ4v) is 2.67. The van der Waals surface area contributed by atoms with Crippen LogP contribution < -0.4 is 15.4 Å². The Balaban J connectivity index is 2.05. The van der Waals surface area contributed by atoms with Crippen LogP contribution >= 0.6 is 11.6 Å². The lowest BCUT2D eigenvalue weighted by Crippen LogP contribution is -2.09. The van der Waals surface area contributed by atoms with Gasteiger partial charge >= 0.3 is 0 Å². The third kappa shape index (κ3) is 4.15. The molecular weight excluding hydrogens is 371 g/mol. The molecule has 0 saturated heterocycles. The topological polar surface area (TPSA) is 76.1 Å². The lowest BCUT2D eigenvalue weighted by Gasteiger charge is -2.13. The highest BCUT2D eigenvalue weighted by Crippen LogP contribution is 2.33. The molecule has 0 aliphatic heterocycles. The Bertz CT molecular complexity index is 1040. The summed E-state index contributed by atoms with van der Waals surface area (Å²) in [6.07, 6.45) is 4.44. The van der Waals surface area contributed by atoms with E-state index in [1.165, 1.54) is 31.6 Å². The second-order valence-corrected chi connectivity index (χ2v) is 5.94. The summed E-state index contributed by atoms with van der Waals surface area (Å²) >= 11 is 5.83. The van der Waals surface area contributed by atoms with Crippen LogP contribution in [0.25, 0.3) is 10.9 Å². The number of amides is 1. The van der Waals surface area contributed by atoms with Crippen molar-refractivity contribution in [2.24, 2.45) is 0 Å². The molecule has 27 heavy (non-hydrogen) atoms. The van der Waals surface area contributed by atoms with Crippen LogP contribution in [0, 0.1) is 5.82 Å². The summed E-state index contributed by atoms with van der Waals surface area (Å²) in [5.74, 6) is 0.155. The number of benzene rings is 2. The number of aromatic nitrogens is 2. The van der Waals surface area contributed by atoms with Gasteiger partial charge in [-0.05, 0) is 37.3 Å². The third-order valence-corrected chi connectivity index (χ3v) is 4.00. The molecule has 0 bridgehead atoms. The van der Waals surface area contributed by atoms with Crippen LogP contribution in [0.3, 0.4) is 0 Å². The number of nitrogens with one attached hydrogen (secondary N) is 2. The van der Waals surface area contributed by atoms with Crippen molar-refractivity contribution in [1.82, 2.24) is 9.97 Å². The van der Waals surface area contributed by atoms with Gasteiger partial charge in [0.05, 0.1) is 23.3 Å². The molecule has 138 valence electrons. The van der Waals surface area contributed by atoms with Crippen molar-refractivity contribution in [2.45, 2.75) is 6.92 Å². The fraction of sp³-hybridized carbons (Fsp3) is 0.105. The second-order valence-electron chi connectivity index (χ2n) is 5.54. The standard InChI is InChI=1S/C19H16ClFN4O2/c1-3-4-18(26)25-16-8-12-15(9-17(16)27-2)22-10-23-19(12)24-11-5-6-14(21)13(20)7-11/h3-10H,1-2H3,(H,25,26)(H,22,23,24)/b4-3+. The third-order valence-electron chi connectivity index (χ3n) is 3.71. The van der Waals surface area contributed by atoms with E-state index in [1.807, 2.05) is 0 Å². The summed E-state index contributed by atoms with van der Waals surface area (Å²) in [5.41, 5.74) is 1.65. The Morgan fingerprint density at radius 1 is 1.26 bits per heavy atom. The summed E-state index contributed by atoms with van der Waals surface area (Å²) in [7, 11) is 1.51. The van der Waals surface area contributed by atoms with Crippen LogP contribution in [-0.4, -0.2) is 23.0 Å². The zero-order chi connectivity index (χ0) is 19.4. The van der Waals surface area contributed by atoms with Gasteiger partial charge in [-0.2, -0.15) is 0 Å². The van der Waals surface area contributed by atoms with E-state index in [4.69, 9.17) is 16.3 Å². The number of nitrogens with zero attached hydrogens (tertiary/aromatic N) is 2. The quantitative estimate of drug-likeness (QED) is 0.622. The highest BCUT2D eigenvalue weighted by molar-refractivity contribution is 6.31. The number of methoxy groups -OCH3 is 1. The first-order valence-electron chi connectivity index (χ1n) is 8.00. The molecule has 2 N–H and O–H groups in total. The Kier molecular flexibility index (Phi) is 5.52. The molecule has 8 heteroatoms. The van der Waals surface area contributed by atoms with Crippen LogP contribution in [0.4, 0.5) is 21.6 Å². The van der Waals surface area contributed by atoms with E-state index in [1.54, 1.807) is 31.2 Å². The summed E-state index contributed by atoms with van der Waals surface area (Å²) < 4.78 is 18.7. The maximum atomic E-state index is 13.4. The van der Waals surface area contributed by atoms with Gasteiger partial charge in [0.2, 0.25) is 5.91 Å². The SMILES string of the molecule is C/C=C/C(=O)Nc1cc2c(Nc3ccc(F)c(Cl)c3)ncnc2cc1OC. The maximum Gasteiger partial charge on any atom is 0.248 e. The van der Waals surface area contributed by atoms with E-state index in [0.29, 0.717) is 33.8 Å². The number of fused-ring (bicyclic) bond motifs is 1. The Labute approximate surface area is 160 Å². The van der Waals surface area contributed by atoms with Gasteiger partial charge in [-0.25, -0.2) is 14.4 Å². The molecule has 0 atom stereocenters. The second kappa shape index (κ2) is 8.01. The number of halogens is 2. The van der Waals surface area contributed by atoms with E-state index in [2.05, 4.69) is 20.6 Å². The molecule has 0 aliphatic rings. The van der Waals surface area contributed by atoms with Crippen molar-refractivity contribution in [3.8, 4) is 5.75 Å². The smallest absolute Gasteiger partial charge is 0.248 e. The number of carbonyl (C=O) groups is 1. The van der Waals surface area contributed by atoms with Gasteiger partial charge in [0, 0.05) is 17.1 Å². The van der Waals surface area contributed by atoms with Crippen molar-refractivity contribution >= 4 is 45.6 Å². The molecule has 0 unspecified atom stereocenters. The number of ether oxygens (including phenoxy) is 1. The molecule has 1 heterocycles. The van der Waals surface area contributed by atoms with Crippen molar-refractivity contribution in [3.05, 3.63) is 59.7 Å². The number of hydrogen-bond donors (Lipinski definition) is 2. The van der Waals surface area contributed by atoms with Gasteiger partial charge < -0.3 is 15.4 Å². The average Bonchev–Trinajstić information content (AvgIpc) is 2.65. The van der Waals surface area contributed by atoms with Crippen LogP contribution in [0.15, 0.2) is 48.8 Å². The molecular formula is C19H16ClFN4O2. The molecule has 3 rings (SSSR count). The summed E-state index contributed by atoms with van der Waals surface area (Å²) in [4.78, 5) is 20.4.